The van der Waals surface area contributed by atoms with Gasteiger partial charge in [-0.2, -0.15) is 0 Å². The Morgan fingerprint density at radius 3 is 2.94 bits per heavy atom. The summed E-state index contributed by atoms with van der Waals surface area (Å²) in [7, 11) is 1.19. The maximum Gasteiger partial charge on any atom is 0.339 e. The molecule has 5 nitrogen and oxygen atoms in total. The van der Waals surface area contributed by atoms with Crippen LogP contribution in [0, 0.1) is 6.92 Å². The molecule has 1 heterocycles. The summed E-state index contributed by atoms with van der Waals surface area (Å²) < 4.78 is 14.9. The Morgan fingerprint density at radius 2 is 2.29 bits per heavy atom. The molecule has 1 unspecified atom stereocenters. The summed E-state index contributed by atoms with van der Waals surface area (Å²) in [5, 5.41) is 10.0. The molecule has 1 atom stereocenters. The molecule has 0 aromatic heterocycles. The van der Waals surface area contributed by atoms with Crippen molar-refractivity contribution in [3.8, 4) is 11.5 Å². The summed E-state index contributed by atoms with van der Waals surface area (Å²) in [6.45, 7) is 1.83. The first kappa shape index (κ1) is 12.0. The lowest BCUT2D eigenvalue weighted by molar-refractivity contribution is -0.150. The molecule has 17 heavy (non-hydrogen) atoms. The zero-order valence-corrected chi connectivity index (χ0v) is 10.1. The quantitative estimate of drug-likeness (QED) is 0.816. The minimum Gasteiger partial charge on any atom is -0.467 e. The Bertz CT molecular complexity index is 471. The number of ether oxygens (including phenoxy) is 3. The zero-order chi connectivity index (χ0) is 12.6. The van der Waals surface area contributed by atoms with Crippen molar-refractivity contribution >= 4 is 17.6 Å². The number of methoxy groups -OCH3 is 1. The molecule has 1 aromatic rings. The van der Waals surface area contributed by atoms with Crippen LogP contribution in [-0.4, -0.2) is 25.0 Å². The van der Waals surface area contributed by atoms with Gasteiger partial charge in [0.1, 0.15) is 0 Å². The van der Waals surface area contributed by atoms with Crippen molar-refractivity contribution in [1.29, 1.82) is 0 Å². The molecule has 1 N–H and O–H groups in total. The highest BCUT2D eigenvalue weighted by molar-refractivity contribution is 6.32. The Balaban J connectivity index is 2.49. The number of aliphatic hydroxyl groups is 1. The van der Waals surface area contributed by atoms with Crippen LogP contribution in [0.4, 0.5) is 0 Å². The van der Waals surface area contributed by atoms with Crippen LogP contribution in [0.2, 0.25) is 5.02 Å². The van der Waals surface area contributed by atoms with E-state index >= 15 is 0 Å². The Kier molecular flexibility index (Phi) is 3.13. The number of hydrogen-bond acceptors (Lipinski definition) is 5. The summed E-state index contributed by atoms with van der Waals surface area (Å²) >= 11 is 6.07. The van der Waals surface area contributed by atoms with Crippen LogP contribution < -0.4 is 9.47 Å². The Hall–Kier alpha value is -1.46. The molecule has 0 bridgehead atoms. The minimum absolute atomic E-state index is 0.101. The lowest BCUT2D eigenvalue weighted by Crippen LogP contribution is -2.14. The van der Waals surface area contributed by atoms with Gasteiger partial charge >= 0.3 is 5.97 Å². The third-order valence-electron chi connectivity index (χ3n) is 2.57. The van der Waals surface area contributed by atoms with Crippen LogP contribution in [-0.2, 0) is 9.53 Å². The first-order chi connectivity index (χ1) is 8.06. The molecule has 1 aromatic carbocycles. The molecule has 0 spiro atoms. The topological polar surface area (TPSA) is 65.0 Å². The normalized spacial score (nSPS) is 14.6. The maximum atomic E-state index is 11.3. The average Bonchev–Trinajstić information content (AvgIpc) is 2.80. The van der Waals surface area contributed by atoms with E-state index in [1.807, 2.05) is 0 Å². The second kappa shape index (κ2) is 4.43. The van der Waals surface area contributed by atoms with Crippen molar-refractivity contribution in [1.82, 2.24) is 0 Å². The number of hydrogen-bond donors (Lipinski definition) is 1. The predicted molar refractivity (Wildman–Crippen MR) is 59.3 cm³/mol. The summed E-state index contributed by atoms with van der Waals surface area (Å²) in [4.78, 5) is 11.3. The summed E-state index contributed by atoms with van der Waals surface area (Å²) in [6, 6.07) is 1.49. The predicted octanol–water partition coefficient (Wildman–Crippen LogP) is 1.58. The van der Waals surface area contributed by atoms with Crippen molar-refractivity contribution in [3.63, 3.8) is 0 Å². The molecule has 6 heteroatoms. The third-order valence-corrected chi connectivity index (χ3v) is 3.07. The van der Waals surface area contributed by atoms with Gasteiger partial charge in [0, 0.05) is 11.1 Å². The molecule has 1 aliphatic rings. The largest absolute Gasteiger partial charge is 0.467 e. The monoisotopic (exact) mass is 258 g/mol. The highest BCUT2D eigenvalue weighted by atomic mass is 35.5. The fourth-order valence-corrected chi connectivity index (χ4v) is 1.89. The molecule has 92 valence electrons. The van der Waals surface area contributed by atoms with Crippen molar-refractivity contribution in [2.45, 2.75) is 13.0 Å². The van der Waals surface area contributed by atoms with Crippen molar-refractivity contribution in [3.05, 3.63) is 22.2 Å². The molecule has 0 amide bonds. The average molecular weight is 259 g/mol. The molecule has 0 radical (unpaired) electrons. The van der Waals surface area contributed by atoms with Gasteiger partial charge < -0.3 is 19.3 Å². The summed E-state index contributed by atoms with van der Waals surface area (Å²) in [5.41, 5.74) is 0.875. The van der Waals surface area contributed by atoms with Crippen LogP contribution >= 0.6 is 11.6 Å². The number of esters is 1. The van der Waals surface area contributed by atoms with Crippen LogP contribution in [0.3, 0.4) is 0 Å². The van der Waals surface area contributed by atoms with Crippen LogP contribution in [0.15, 0.2) is 6.07 Å². The van der Waals surface area contributed by atoms with E-state index in [2.05, 4.69) is 4.74 Å². The molecule has 1 aliphatic heterocycles. The summed E-state index contributed by atoms with van der Waals surface area (Å²) in [5.74, 6) is 0.228. The van der Waals surface area contributed by atoms with Gasteiger partial charge in [-0.05, 0) is 13.0 Å². The van der Waals surface area contributed by atoms with E-state index in [9.17, 15) is 9.90 Å². The maximum absolute atomic E-state index is 11.3. The number of halogens is 1. The number of benzene rings is 1. The van der Waals surface area contributed by atoms with Gasteiger partial charge in [0.2, 0.25) is 6.79 Å². The smallest absolute Gasteiger partial charge is 0.339 e. The van der Waals surface area contributed by atoms with Crippen molar-refractivity contribution in [2.24, 2.45) is 0 Å². The van der Waals surface area contributed by atoms with E-state index in [0.717, 1.165) is 0 Å². The second-order valence-corrected chi connectivity index (χ2v) is 3.94. The molecule has 2 rings (SSSR count). The lowest BCUT2D eigenvalue weighted by Gasteiger charge is -2.13. The van der Waals surface area contributed by atoms with E-state index in [1.165, 1.54) is 13.2 Å². The highest BCUT2D eigenvalue weighted by Gasteiger charge is 2.27. The van der Waals surface area contributed by atoms with Crippen LogP contribution in [0.5, 0.6) is 11.5 Å². The number of fused-ring (bicyclic) bond motifs is 1. The van der Waals surface area contributed by atoms with E-state index in [-0.39, 0.29) is 17.4 Å². The first-order valence-electron chi connectivity index (χ1n) is 4.90. The lowest BCUT2D eigenvalue weighted by atomic mass is 10.0. The van der Waals surface area contributed by atoms with Gasteiger partial charge in [0.25, 0.3) is 0 Å². The van der Waals surface area contributed by atoms with E-state index in [1.54, 1.807) is 6.92 Å². The molecular weight excluding hydrogens is 248 g/mol. The fraction of sp³-hybridized carbons (Fsp3) is 0.364. The fourth-order valence-electron chi connectivity index (χ4n) is 1.65. The van der Waals surface area contributed by atoms with E-state index < -0.39 is 12.1 Å². The Morgan fingerprint density at radius 1 is 1.59 bits per heavy atom. The van der Waals surface area contributed by atoms with Crippen LogP contribution in [0.25, 0.3) is 0 Å². The number of aliphatic hydroxyl groups excluding tert-OH is 1. The molecular formula is C11H11ClO5. The molecule has 0 saturated heterocycles. The van der Waals surface area contributed by atoms with Gasteiger partial charge in [0.05, 0.1) is 12.1 Å². The minimum atomic E-state index is -1.43. The van der Waals surface area contributed by atoms with Gasteiger partial charge in [-0.3, -0.25) is 0 Å². The van der Waals surface area contributed by atoms with Gasteiger partial charge in [-0.25, -0.2) is 4.79 Å². The SMILES string of the molecule is COC(=O)C(O)c1cc2c(c(C)c1Cl)OCO2. The Labute approximate surface area is 103 Å². The summed E-state index contributed by atoms with van der Waals surface area (Å²) in [6.07, 6.45) is -1.43. The van der Waals surface area contributed by atoms with E-state index in [4.69, 9.17) is 21.1 Å². The van der Waals surface area contributed by atoms with Crippen LogP contribution in [0.1, 0.15) is 17.2 Å². The second-order valence-electron chi connectivity index (χ2n) is 3.56. The molecule has 0 saturated carbocycles. The number of rotatable bonds is 2. The van der Waals surface area contributed by atoms with Gasteiger partial charge in [0.15, 0.2) is 17.6 Å². The third kappa shape index (κ3) is 1.92. The van der Waals surface area contributed by atoms with Gasteiger partial charge in [-0.1, -0.05) is 11.6 Å². The van der Waals surface area contributed by atoms with Gasteiger partial charge in [-0.15, -0.1) is 0 Å². The molecule has 0 fully saturated rings. The standard InChI is InChI=1S/C11H11ClO5/c1-5-8(12)6(9(13)11(14)15-2)3-7-10(5)17-4-16-7/h3,9,13H,4H2,1-2H3. The zero-order valence-electron chi connectivity index (χ0n) is 9.32. The van der Waals surface area contributed by atoms with Crippen molar-refractivity contribution in [2.75, 3.05) is 13.9 Å². The first-order valence-corrected chi connectivity index (χ1v) is 5.28. The number of carbonyl (C=O) groups is 1. The number of carbonyl (C=O) groups excluding carboxylic acids is 1. The van der Waals surface area contributed by atoms with E-state index in [0.29, 0.717) is 17.1 Å². The molecule has 0 aliphatic carbocycles. The highest BCUT2D eigenvalue weighted by Crippen LogP contribution is 2.43. The van der Waals surface area contributed by atoms with Crippen molar-refractivity contribution < 1.29 is 24.1 Å².